The first-order valence-corrected chi connectivity index (χ1v) is 9.95. The molecule has 0 aliphatic heterocycles. The van der Waals surface area contributed by atoms with Crippen molar-refractivity contribution in [2.75, 3.05) is 19.6 Å². The molecule has 0 amide bonds. The number of rotatable bonds is 8. The third kappa shape index (κ3) is 6.82. The molecule has 27 heavy (non-hydrogen) atoms. The normalized spacial score (nSPS) is 14.9. The van der Waals surface area contributed by atoms with Gasteiger partial charge < -0.3 is 10.0 Å². The van der Waals surface area contributed by atoms with Crippen molar-refractivity contribution in [2.45, 2.75) is 44.9 Å². The number of aromatic hydroxyl groups is 1. The van der Waals surface area contributed by atoms with Gasteiger partial charge in [-0.25, -0.2) is 4.39 Å². The van der Waals surface area contributed by atoms with Gasteiger partial charge >= 0.3 is 0 Å². The molecule has 0 spiro atoms. The van der Waals surface area contributed by atoms with E-state index in [-0.39, 0.29) is 18.2 Å². The Morgan fingerprint density at radius 1 is 0.889 bits per heavy atom. The first-order valence-electron chi connectivity index (χ1n) is 9.95. The van der Waals surface area contributed by atoms with Gasteiger partial charge in [0.25, 0.3) is 0 Å². The van der Waals surface area contributed by atoms with Crippen molar-refractivity contribution in [1.29, 1.82) is 0 Å². The Bertz CT molecular complexity index is 673. The Hall–Kier alpha value is -1.58. The fourth-order valence-electron chi connectivity index (χ4n) is 4.00. The van der Waals surface area contributed by atoms with E-state index in [0.29, 0.717) is 12.0 Å². The molecular weight excluding hydrogens is 361 g/mol. The molecule has 0 saturated heterocycles. The van der Waals surface area contributed by atoms with Crippen LogP contribution in [-0.2, 0) is 12.8 Å². The summed E-state index contributed by atoms with van der Waals surface area (Å²) in [5.41, 5.74) is 1.96. The maximum absolute atomic E-state index is 14.1. The van der Waals surface area contributed by atoms with Gasteiger partial charge in [0.1, 0.15) is 0 Å². The minimum Gasteiger partial charge on any atom is -0.505 e. The lowest BCUT2D eigenvalue weighted by molar-refractivity contribution is 0.203. The van der Waals surface area contributed by atoms with Crippen molar-refractivity contribution >= 4 is 12.4 Å². The minimum atomic E-state index is -0.465. The van der Waals surface area contributed by atoms with E-state index in [9.17, 15) is 9.50 Å². The molecule has 0 atom stereocenters. The van der Waals surface area contributed by atoms with Gasteiger partial charge in [-0.3, -0.25) is 0 Å². The van der Waals surface area contributed by atoms with Crippen molar-refractivity contribution in [3.8, 4) is 5.75 Å². The van der Waals surface area contributed by atoms with Gasteiger partial charge in [0.2, 0.25) is 0 Å². The maximum atomic E-state index is 14.1. The first-order chi connectivity index (χ1) is 12.7. The smallest absolute Gasteiger partial charge is 0.168 e. The van der Waals surface area contributed by atoms with Gasteiger partial charge in [0.15, 0.2) is 11.6 Å². The van der Waals surface area contributed by atoms with Crippen LogP contribution in [0, 0.1) is 11.7 Å². The molecular formula is C23H31ClFNO. The zero-order chi connectivity index (χ0) is 18.2. The van der Waals surface area contributed by atoms with Crippen molar-refractivity contribution in [2.24, 2.45) is 5.92 Å². The second-order valence-corrected chi connectivity index (χ2v) is 7.54. The molecule has 2 nitrogen and oxygen atoms in total. The van der Waals surface area contributed by atoms with Crippen LogP contribution in [-0.4, -0.2) is 29.6 Å². The molecule has 0 heterocycles. The second kappa shape index (κ2) is 11.3. The monoisotopic (exact) mass is 391 g/mol. The van der Waals surface area contributed by atoms with E-state index >= 15 is 0 Å². The highest BCUT2D eigenvalue weighted by Crippen LogP contribution is 2.25. The molecule has 1 saturated carbocycles. The van der Waals surface area contributed by atoms with E-state index in [1.807, 2.05) is 6.07 Å². The average molecular weight is 392 g/mol. The van der Waals surface area contributed by atoms with Crippen molar-refractivity contribution in [3.05, 3.63) is 65.5 Å². The van der Waals surface area contributed by atoms with E-state index in [2.05, 4.69) is 29.2 Å². The Kier molecular flexibility index (Phi) is 9.09. The number of phenols is 1. The SMILES string of the molecule is Cl.Oc1cccc(CCN(CCc2ccccc2)CC2CCCCC2)c1F. The highest BCUT2D eigenvalue weighted by Gasteiger charge is 2.18. The molecule has 2 aromatic carbocycles. The third-order valence-corrected chi connectivity index (χ3v) is 5.56. The third-order valence-electron chi connectivity index (χ3n) is 5.56. The quantitative estimate of drug-likeness (QED) is 0.631. The molecule has 1 N–H and O–H groups in total. The fraction of sp³-hybridized carbons (Fsp3) is 0.478. The lowest BCUT2D eigenvalue weighted by Gasteiger charge is -2.30. The van der Waals surface area contributed by atoms with Gasteiger partial charge in [0, 0.05) is 19.6 Å². The van der Waals surface area contributed by atoms with Crippen LogP contribution in [0.5, 0.6) is 5.75 Å². The molecule has 0 unspecified atom stereocenters. The summed E-state index contributed by atoms with van der Waals surface area (Å²) < 4.78 is 14.1. The molecule has 148 valence electrons. The number of hydrogen-bond acceptors (Lipinski definition) is 2. The highest BCUT2D eigenvalue weighted by atomic mass is 35.5. The fourth-order valence-corrected chi connectivity index (χ4v) is 4.00. The lowest BCUT2D eigenvalue weighted by Crippen LogP contribution is -2.34. The van der Waals surface area contributed by atoms with Crippen LogP contribution >= 0.6 is 12.4 Å². The summed E-state index contributed by atoms with van der Waals surface area (Å²) in [6, 6.07) is 15.5. The van der Waals surface area contributed by atoms with Crippen LogP contribution in [0.15, 0.2) is 48.5 Å². The van der Waals surface area contributed by atoms with E-state index in [4.69, 9.17) is 0 Å². The molecule has 0 aromatic heterocycles. The van der Waals surface area contributed by atoms with Crippen LogP contribution < -0.4 is 0 Å². The Labute approximate surface area is 168 Å². The number of nitrogens with zero attached hydrogens (tertiary/aromatic N) is 1. The lowest BCUT2D eigenvalue weighted by atomic mass is 9.89. The molecule has 3 rings (SSSR count). The number of benzene rings is 2. The van der Waals surface area contributed by atoms with Crippen LogP contribution in [0.25, 0.3) is 0 Å². The van der Waals surface area contributed by atoms with E-state index in [1.54, 1.807) is 12.1 Å². The average Bonchev–Trinajstić information content (AvgIpc) is 2.68. The summed E-state index contributed by atoms with van der Waals surface area (Å²) in [7, 11) is 0. The number of hydrogen-bond donors (Lipinski definition) is 1. The second-order valence-electron chi connectivity index (χ2n) is 7.54. The summed E-state index contributed by atoms with van der Waals surface area (Å²) in [5, 5.41) is 9.59. The molecule has 2 aromatic rings. The highest BCUT2D eigenvalue weighted by molar-refractivity contribution is 5.85. The zero-order valence-electron chi connectivity index (χ0n) is 15.9. The van der Waals surface area contributed by atoms with Gasteiger partial charge in [-0.05, 0) is 48.8 Å². The van der Waals surface area contributed by atoms with Crippen LogP contribution in [0.1, 0.15) is 43.2 Å². The predicted octanol–water partition coefficient (Wildman–Crippen LogP) is 5.62. The summed E-state index contributed by atoms with van der Waals surface area (Å²) in [6.07, 6.45) is 8.37. The topological polar surface area (TPSA) is 23.5 Å². The molecule has 1 fully saturated rings. The predicted molar refractivity (Wildman–Crippen MR) is 112 cm³/mol. The van der Waals surface area contributed by atoms with Crippen molar-refractivity contribution < 1.29 is 9.50 Å². The van der Waals surface area contributed by atoms with Crippen LogP contribution in [0.3, 0.4) is 0 Å². The molecule has 1 aliphatic rings. The Balaban J connectivity index is 0.00000261. The first kappa shape index (κ1) is 21.7. The van der Waals surface area contributed by atoms with Crippen LogP contribution in [0.2, 0.25) is 0 Å². The summed E-state index contributed by atoms with van der Waals surface area (Å²) in [6.45, 7) is 2.94. The Morgan fingerprint density at radius 3 is 2.33 bits per heavy atom. The molecule has 4 heteroatoms. The van der Waals surface area contributed by atoms with Crippen molar-refractivity contribution in [3.63, 3.8) is 0 Å². The number of phenolic OH excluding ortho intramolecular Hbond substituents is 1. The summed E-state index contributed by atoms with van der Waals surface area (Å²) in [5.74, 6) is 0.0624. The van der Waals surface area contributed by atoms with E-state index in [0.717, 1.165) is 32.0 Å². The van der Waals surface area contributed by atoms with Gasteiger partial charge in [-0.1, -0.05) is 61.7 Å². The van der Waals surface area contributed by atoms with Gasteiger partial charge in [0.05, 0.1) is 0 Å². The van der Waals surface area contributed by atoms with Gasteiger partial charge in [-0.2, -0.15) is 0 Å². The Morgan fingerprint density at radius 2 is 1.59 bits per heavy atom. The maximum Gasteiger partial charge on any atom is 0.168 e. The molecule has 1 aliphatic carbocycles. The van der Waals surface area contributed by atoms with Crippen LogP contribution in [0.4, 0.5) is 4.39 Å². The summed E-state index contributed by atoms with van der Waals surface area (Å²) >= 11 is 0. The van der Waals surface area contributed by atoms with Crippen molar-refractivity contribution in [1.82, 2.24) is 4.90 Å². The minimum absolute atomic E-state index is 0. The zero-order valence-corrected chi connectivity index (χ0v) is 16.8. The summed E-state index contributed by atoms with van der Waals surface area (Å²) in [4.78, 5) is 2.49. The number of halogens is 2. The molecule has 0 radical (unpaired) electrons. The molecule has 0 bridgehead atoms. The van der Waals surface area contributed by atoms with E-state index in [1.165, 1.54) is 43.7 Å². The van der Waals surface area contributed by atoms with Gasteiger partial charge in [-0.15, -0.1) is 12.4 Å². The standard InChI is InChI=1S/C23H30FNO.ClH/c24-23-21(12-7-13-22(23)26)15-17-25(18-20-10-5-2-6-11-20)16-14-19-8-3-1-4-9-19;/h1,3-4,7-9,12-13,20,26H,2,5-6,10-11,14-18H2;1H. The largest absolute Gasteiger partial charge is 0.505 e. The van der Waals surface area contributed by atoms with E-state index < -0.39 is 5.82 Å².